The average Bonchev–Trinajstić information content (AvgIpc) is 2.99. The zero-order valence-corrected chi connectivity index (χ0v) is 16.4. The van der Waals surface area contributed by atoms with Crippen LogP contribution in [0.15, 0.2) is 41.3 Å². The standard InChI is InChI=1S/C20H23NO5S/c1-4-25-19-10-16-9-13(2)26-20(16)11-17(19)12-21-27(23,24)18-7-5-15(6-8-18)14(3)22/h5-8,10-11,13,21H,4,9,12H2,1-3H3/t13-/m0/s1. The van der Waals surface area contributed by atoms with E-state index in [0.717, 1.165) is 17.7 Å². The number of rotatable bonds is 7. The number of carbonyl (C=O) groups is 1. The number of benzene rings is 2. The third kappa shape index (κ3) is 4.31. The molecule has 0 unspecified atom stereocenters. The van der Waals surface area contributed by atoms with Gasteiger partial charge in [0.25, 0.3) is 0 Å². The molecule has 0 fully saturated rings. The van der Waals surface area contributed by atoms with Crippen molar-refractivity contribution in [2.45, 2.75) is 44.7 Å². The first kappa shape index (κ1) is 19.4. The van der Waals surface area contributed by atoms with E-state index < -0.39 is 10.0 Å². The Morgan fingerprint density at radius 1 is 1.26 bits per heavy atom. The van der Waals surface area contributed by atoms with Gasteiger partial charge in [-0.1, -0.05) is 12.1 Å². The van der Waals surface area contributed by atoms with Gasteiger partial charge in [-0.2, -0.15) is 0 Å². The van der Waals surface area contributed by atoms with Crippen LogP contribution in [0.4, 0.5) is 0 Å². The number of hydrogen-bond acceptors (Lipinski definition) is 5. The number of ether oxygens (including phenoxy) is 2. The Balaban J connectivity index is 1.81. The van der Waals surface area contributed by atoms with Gasteiger partial charge < -0.3 is 9.47 Å². The van der Waals surface area contributed by atoms with Crippen LogP contribution in [0.1, 0.15) is 42.3 Å². The van der Waals surface area contributed by atoms with Gasteiger partial charge in [-0.3, -0.25) is 4.79 Å². The lowest BCUT2D eigenvalue weighted by atomic mass is 10.1. The van der Waals surface area contributed by atoms with E-state index in [2.05, 4.69) is 4.72 Å². The number of nitrogens with one attached hydrogen (secondary N) is 1. The molecule has 144 valence electrons. The Kier molecular flexibility index (Phi) is 5.53. The summed E-state index contributed by atoms with van der Waals surface area (Å²) < 4.78 is 39.2. The van der Waals surface area contributed by atoms with Crippen LogP contribution in [0.5, 0.6) is 11.5 Å². The maximum Gasteiger partial charge on any atom is 0.240 e. The fraction of sp³-hybridized carbons (Fsp3) is 0.350. The highest BCUT2D eigenvalue weighted by molar-refractivity contribution is 7.89. The number of sulfonamides is 1. The van der Waals surface area contributed by atoms with Crippen LogP contribution in [-0.4, -0.2) is 26.9 Å². The molecule has 0 saturated carbocycles. The summed E-state index contributed by atoms with van der Waals surface area (Å²) in [6.07, 6.45) is 0.908. The maximum absolute atomic E-state index is 12.6. The van der Waals surface area contributed by atoms with Crippen molar-refractivity contribution in [1.29, 1.82) is 0 Å². The van der Waals surface area contributed by atoms with E-state index >= 15 is 0 Å². The lowest BCUT2D eigenvalue weighted by Gasteiger charge is -2.14. The van der Waals surface area contributed by atoms with E-state index in [9.17, 15) is 13.2 Å². The Bertz CT molecular complexity index is 951. The van der Waals surface area contributed by atoms with Crippen molar-refractivity contribution in [3.8, 4) is 11.5 Å². The number of fused-ring (bicyclic) bond motifs is 1. The second-order valence-electron chi connectivity index (χ2n) is 6.54. The number of hydrogen-bond donors (Lipinski definition) is 1. The topological polar surface area (TPSA) is 81.7 Å². The second kappa shape index (κ2) is 7.70. The van der Waals surface area contributed by atoms with Crippen LogP contribution in [0.2, 0.25) is 0 Å². The fourth-order valence-electron chi connectivity index (χ4n) is 3.03. The Labute approximate surface area is 159 Å². The zero-order valence-electron chi connectivity index (χ0n) is 15.6. The summed E-state index contributed by atoms with van der Waals surface area (Å²) in [6.45, 7) is 5.89. The molecule has 0 aromatic heterocycles. The molecule has 0 saturated heterocycles. The summed E-state index contributed by atoms with van der Waals surface area (Å²) in [4.78, 5) is 11.4. The van der Waals surface area contributed by atoms with Crippen LogP contribution in [0.3, 0.4) is 0 Å². The minimum absolute atomic E-state index is 0.0805. The van der Waals surface area contributed by atoms with Crippen molar-refractivity contribution in [3.05, 3.63) is 53.1 Å². The van der Waals surface area contributed by atoms with Gasteiger partial charge in [-0.25, -0.2) is 13.1 Å². The lowest BCUT2D eigenvalue weighted by Crippen LogP contribution is -2.23. The average molecular weight is 389 g/mol. The molecule has 0 amide bonds. The van der Waals surface area contributed by atoms with Crippen LogP contribution in [0.25, 0.3) is 0 Å². The number of Topliss-reactive ketones (excluding diaryl/α,β-unsaturated/α-hetero) is 1. The van der Waals surface area contributed by atoms with Crippen LogP contribution in [0, 0.1) is 0 Å². The second-order valence-corrected chi connectivity index (χ2v) is 8.31. The van der Waals surface area contributed by atoms with Crippen LogP contribution < -0.4 is 14.2 Å². The predicted octanol–water partition coefficient (Wildman–Crippen LogP) is 3.09. The molecule has 0 aliphatic carbocycles. The van der Waals surface area contributed by atoms with E-state index in [-0.39, 0.29) is 23.3 Å². The largest absolute Gasteiger partial charge is 0.494 e. The monoisotopic (exact) mass is 389 g/mol. The van der Waals surface area contributed by atoms with E-state index in [4.69, 9.17) is 9.47 Å². The minimum Gasteiger partial charge on any atom is -0.494 e. The van der Waals surface area contributed by atoms with E-state index in [1.54, 1.807) is 0 Å². The smallest absolute Gasteiger partial charge is 0.240 e. The van der Waals surface area contributed by atoms with E-state index in [1.165, 1.54) is 31.2 Å². The highest BCUT2D eigenvalue weighted by atomic mass is 32.2. The third-order valence-corrected chi connectivity index (χ3v) is 5.82. The summed E-state index contributed by atoms with van der Waals surface area (Å²) in [7, 11) is -3.72. The molecular weight excluding hydrogens is 366 g/mol. The highest BCUT2D eigenvalue weighted by Crippen LogP contribution is 2.35. The molecule has 0 bridgehead atoms. The molecule has 1 aliphatic rings. The van der Waals surface area contributed by atoms with Crippen LogP contribution >= 0.6 is 0 Å². The van der Waals surface area contributed by atoms with Gasteiger partial charge in [0.1, 0.15) is 17.6 Å². The molecule has 1 N–H and O–H groups in total. The van der Waals surface area contributed by atoms with Crippen molar-refractivity contribution in [1.82, 2.24) is 4.72 Å². The van der Waals surface area contributed by atoms with E-state index in [0.29, 0.717) is 23.5 Å². The van der Waals surface area contributed by atoms with Crippen LogP contribution in [-0.2, 0) is 23.0 Å². The molecule has 2 aromatic carbocycles. The Hall–Kier alpha value is -2.38. The normalized spacial score (nSPS) is 15.9. The molecule has 6 nitrogen and oxygen atoms in total. The summed E-state index contributed by atoms with van der Waals surface area (Å²) >= 11 is 0. The molecule has 1 aliphatic heterocycles. The van der Waals surface area contributed by atoms with Gasteiger partial charge in [0, 0.05) is 29.7 Å². The molecule has 0 radical (unpaired) electrons. The molecule has 1 atom stereocenters. The summed E-state index contributed by atoms with van der Waals surface area (Å²) in [5.41, 5.74) is 2.25. The molecule has 27 heavy (non-hydrogen) atoms. The first-order valence-electron chi connectivity index (χ1n) is 8.86. The van der Waals surface area contributed by atoms with Crippen molar-refractivity contribution < 1.29 is 22.7 Å². The summed E-state index contributed by atoms with van der Waals surface area (Å²) in [6, 6.07) is 9.63. The number of ketones is 1. The molecule has 1 heterocycles. The molecule has 2 aromatic rings. The third-order valence-electron chi connectivity index (χ3n) is 4.40. The zero-order chi connectivity index (χ0) is 19.6. The van der Waals surface area contributed by atoms with Crippen molar-refractivity contribution >= 4 is 15.8 Å². The van der Waals surface area contributed by atoms with Gasteiger partial charge in [0.2, 0.25) is 10.0 Å². The van der Waals surface area contributed by atoms with Crippen molar-refractivity contribution in [2.75, 3.05) is 6.61 Å². The quantitative estimate of drug-likeness (QED) is 0.736. The lowest BCUT2D eigenvalue weighted by molar-refractivity contribution is 0.101. The highest BCUT2D eigenvalue weighted by Gasteiger charge is 2.23. The van der Waals surface area contributed by atoms with Crippen molar-refractivity contribution in [3.63, 3.8) is 0 Å². The van der Waals surface area contributed by atoms with Gasteiger partial charge >= 0.3 is 0 Å². The first-order chi connectivity index (χ1) is 12.8. The van der Waals surface area contributed by atoms with Gasteiger partial charge in [-0.15, -0.1) is 0 Å². The molecule has 3 rings (SSSR count). The molecular formula is C20H23NO5S. The Morgan fingerprint density at radius 2 is 1.96 bits per heavy atom. The minimum atomic E-state index is -3.72. The summed E-state index contributed by atoms with van der Waals surface area (Å²) in [5, 5.41) is 0. The van der Waals surface area contributed by atoms with Gasteiger partial charge in [-0.05, 0) is 45.0 Å². The summed E-state index contributed by atoms with van der Waals surface area (Å²) in [5.74, 6) is 1.31. The van der Waals surface area contributed by atoms with Crippen molar-refractivity contribution in [2.24, 2.45) is 0 Å². The van der Waals surface area contributed by atoms with E-state index in [1.807, 2.05) is 26.0 Å². The Morgan fingerprint density at radius 3 is 2.59 bits per heavy atom. The van der Waals surface area contributed by atoms with Gasteiger partial charge in [0.15, 0.2) is 5.78 Å². The first-order valence-corrected chi connectivity index (χ1v) is 10.3. The van der Waals surface area contributed by atoms with Gasteiger partial charge in [0.05, 0.1) is 11.5 Å². The molecule has 7 heteroatoms. The fourth-order valence-corrected chi connectivity index (χ4v) is 4.04. The predicted molar refractivity (Wildman–Crippen MR) is 102 cm³/mol. The SMILES string of the molecule is CCOc1cc2c(cc1CNS(=O)(=O)c1ccc(C(C)=O)cc1)O[C@@H](C)C2. The maximum atomic E-state index is 12.6. The number of carbonyl (C=O) groups excluding carboxylic acids is 1. The molecule has 0 spiro atoms.